The fourth-order valence-corrected chi connectivity index (χ4v) is 4.12. The second-order valence-electron chi connectivity index (χ2n) is 10.1. The fraction of sp³-hybridized carbons (Fsp3) is 0.308. The van der Waals surface area contributed by atoms with E-state index in [9.17, 15) is 33.3 Å². The molecule has 2 heterocycles. The number of rotatable bonds is 9. The molecular weight excluding hydrogens is 546 g/mol. The van der Waals surface area contributed by atoms with E-state index in [2.05, 4.69) is 5.10 Å². The van der Waals surface area contributed by atoms with E-state index in [-0.39, 0.29) is 42.6 Å². The molecule has 4 rings (SSSR count). The largest absolute Gasteiger partial charge is 0.457 e. The van der Waals surface area contributed by atoms with E-state index >= 15 is 0 Å². The monoisotopic (exact) mass is 572 g/mol. The number of nitro groups is 1. The molecule has 15 heteroatoms. The van der Waals surface area contributed by atoms with Gasteiger partial charge in [0, 0.05) is 19.2 Å². The van der Waals surface area contributed by atoms with Gasteiger partial charge in [-0.2, -0.15) is 0 Å². The number of benzene rings is 2. The Balaban J connectivity index is 1.65. The number of hydrogen-bond donors (Lipinski definition) is 1. The van der Waals surface area contributed by atoms with Crippen LogP contribution < -0.4 is 15.4 Å². The fourth-order valence-electron chi connectivity index (χ4n) is 4.12. The molecule has 2 N–H and O–H groups in total. The lowest BCUT2D eigenvalue weighted by atomic mass is 10.1. The first-order valence-corrected chi connectivity index (χ1v) is 12.3. The highest BCUT2D eigenvalue weighted by Gasteiger charge is 2.42. The Hall–Kier alpha value is -5.08. The van der Waals surface area contributed by atoms with Crippen LogP contribution in [0, 0.1) is 21.7 Å². The van der Waals surface area contributed by atoms with Gasteiger partial charge in [-0.15, -0.1) is 5.10 Å². The highest BCUT2D eigenvalue weighted by Crippen LogP contribution is 2.36. The summed E-state index contributed by atoms with van der Waals surface area (Å²) in [6.07, 6.45) is -0.0592. The predicted octanol–water partition coefficient (Wildman–Crippen LogP) is 3.57. The second-order valence-corrected chi connectivity index (χ2v) is 10.1. The summed E-state index contributed by atoms with van der Waals surface area (Å²) in [6.45, 7) is 5.00. The zero-order chi connectivity index (χ0) is 30.1. The molecule has 0 atom stereocenters. The number of nitrogens with two attached hydrogens (primary N) is 1. The van der Waals surface area contributed by atoms with E-state index < -0.39 is 51.6 Å². The maximum absolute atomic E-state index is 13.5. The molecule has 216 valence electrons. The molecular formula is C26H26F2N6O7. The van der Waals surface area contributed by atoms with Crippen LogP contribution in [0.3, 0.4) is 0 Å². The number of amides is 2. The van der Waals surface area contributed by atoms with Crippen LogP contribution in [-0.2, 0) is 9.53 Å². The van der Waals surface area contributed by atoms with Crippen molar-refractivity contribution in [1.82, 2.24) is 14.7 Å². The Morgan fingerprint density at radius 1 is 1.15 bits per heavy atom. The quantitative estimate of drug-likeness (QED) is 0.229. The Morgan fingerprint density at radius 3 is 2.32 bits per heavy atom. The molecule has 0 aliphatic carbocycles. The molecule has 0 unspecified atom stereocenters. The van der Waals surface area contributed by atoms with Crippen molar-refractivity contribution in [3.8, 4) is 17.2 Å². The lowest BCUT2D eigenvalue weighted by molar-refractivity contribution is -0.384. The maximum atomic E-state index is 13.5. The van der Waals surface area contributed by atoms with Gasteiger partial charge < -0.3 is 29.8 Å². The van der Waals surface area contributed by atoms with Crippen molar-refractivity contribution in [2.45, 2.75) is 32.4 Å². The first-order chi connectivity index (χ1) is 19.3. The van der Waals surface area contributed by atoms with Gasteiger partial charge >= 0.3 is 11.8 Å². The summed E-state index contributed by atoms with van der Waals surface area (Å²) >= 11 is 0. The number of carbonyl (C=O) groups excluding carboxylic acids is 3. The summed E-state index contributed by atoms with van der Waals surface area (Å²) in [5.74, 6) is -3.33. The zero-order valence-electron chi connectivity index (χ0n) is 22.2. The van der Waals surface area contributed by atoms with Gasteiger partial charge in [-0.05, 0) is 57.2 Å². The third-order valence-electron chi connectivity index (χ3n) is 5.96. The number of anilines is 1. The molecule has 2 amide bonds. The van der Waals surface area contributed by atoms with Gasteiger partial charge in [0.05, 0.1) is 23.2 Å². The predicted molar refractivity (Wildman–Crippen MR) is 140 cm³/mol. The standard InChI is InChI=1S/C26H26F2N6O7/c1-26(2,3)41-25(37)31-13-16(14-31)32(10-11-35)24-22(34(38)39)21(23(29)36)33(30-24)15-4-6-17(7-5-15)40-18-8-9-19(27)20(28)12-18/h4-9,11-12,16H,10,13-14H2,1-3H3,(H2,29,36). The average Bonchev–Trinajstić information content (AvgIpc) is 3.25. The molecule has 3 aromatic rings. The summed E-state index contributed by atoms with van der Waals surface area (Å²) in [6, 6.07) is 8.13. The molecule has 2 aromatic carbocycles. The molecule has 0 bridgehead atoms. The van der Waals surface area contributed by atoms with Crippen molar-refractivity contribution in [2.75, 3.05) is 24.5 Å². The van der Waals surface area contributed by atoms with Crippen molar-refractivity contribution in [2.24, 2.45) is 5.73 Å². The van der Waals surface area contributed by atoms with Gasteiger partial charge in [0.15, 0.2) is 11.6 Å². The van der Waals surface area contributed by atoms with Crippen LogP contribution in [0.1, 0.15) is 31.3 Å². The van der Waals surface area contributed by atoms with Crippen LogP contribution >= 0.6 is 0 Å². The Labute approximate surface area is 232 Å². The number of nitrogens with zero attached hydrogens (tertiary/aromatic N) is 5. The van der Waals surface area contributed by atoms with Crippen LogP contribution in [0.15, 0.2) is 42.5 Å². The number of aldehydes is 1. The van der Waals surface area contributed by atoms with E-state index in [0.29, 0.717) is 6.29 Å². The molecule has 0 spiro atoms. The van der Waals surface area contributed by atoms with E-state index in [1.54, 1.807) is 20.8 Å². The lowest BCUT2D eigenvalue weighted by Crippen LogP contribution is -2.62. The highest BCUT2D eigenvalue weighted by atomic mass is 19.2. The van der Waals surface area contributed by atoms with Gasteiger partial charge in [0.2, 0.25) is 11.5 Å². The molecule has 0 saturated carbocycles. The third kappa shape index (κ3) is 6.23. The second kappa shape index (κ2) is 11.2. The normalized spacial score (nSPS) is 13.3. The Kier molecular flexibility index (Phi) is 7.89. The van der Waals surface area contributed by atoms with E-state index in [1.807, 2.05) is 0 Å². The first kappa shape index (κ1) is 28.9. The number of halogens is 2. The SMILES string of the molecule is CC(C)(C)OC(=O)N1CC(N(CC=O)c2nn(-c3ccc(Oc4ccc(F)c(F)c4)cc3)c(C(N)=O)c2[N+](=O)[O-])C1. The number of carbonyl (C=O) groups is 3. The summed E-state index contributed by atoms with van der Waals surface area (Å²) in [5.41, 5.74) is 3.73. The summed E-state index contributed by atoms with van der Waals surface area (Å²) in [7, 11) is 0. The van der Waals surface area contributed by atoms with Crippen LogP contribution in [-0.4, -0.2) is 69.2 Å². The zero-order valence-corrected chi connectivity index (χ0v) is 22.2. The smallest absolute Gasteiger partial charge is 0.410 e. The molecule has 1 fully saturated rings. The average molecular weight is 573 g/mol. The highest BCUT2D eigenvalue weighted by molar-refractivity contribution is 5.98. The minimum absolute atomic E-state index is 0.0249. The Morgan fingerprint density at radius 2 is 1.78 bits per heavy atom. The van der Waals surface area contributed by atoms with Gasteiger partial charge in [0.25, 0.3) is 5.91 Å². The minimum Gasteiger partial charge on any atom is -0.457 e. The van der Waals surface area contributed by atoms with Crippen molar-refractivity contribution in [3.05, 3.63) is 69.9 Å². The number of aromatic nitrogens is 2. The lowest BCUT2D eigenvalue weighted by Gasteiger charge is -2.44. The summed E-state index contributed by atoms with van der Waals surface area (Å²) in [5, 5.41) is 16.4. The van der Waals surface area contributed by atoms with Gasteiger partial charge in [-0.25, -0.2) is 18.3 Å². The first-order valence-electron chi connectivity index (χ1n) is 12.3. The molecule has 0 radical (unpaired) electrons. The van der Waals surface area contributed by atoms with Crippen LogP contribution in [0.4, 0.5) is 25.1 Å². The number of likely N-dealkylation sites (tertiary alicyclic amines) is 1. The van der Waals surface area contributed by atoms with Gasteiger partial charge in [-0.3, -0.25) is 14.9 Å². The van der Waals surface area contributed by atoms with E-state index in [4.69, 9.17) is 15.2 Å². The maximum Gasteiger partial charge on any atom is 0.410 e. The molecule has 41 heavy (non-hydrogen) atoms. The van der Waals surface area contributed by atoms with Crippen molar-refractivity contribution in [3.63, 3.8) is 0 Å². The van der Waals surface area contributed by atoms with E-state index in [1.165, 1.54) is 40.1 Å². The molecule has 1 aliphatic rings. The number of primary amides is 1. The number of ether oxygens (including phenoxy) is 2. The van der Waals surface area contributed by atoms with E-state index in [0.717, 1.165) is 16.8 Å². The van der Waals surface area contributed by atoms with Crippen molar-refractivity contribution < 1.29 is 37.6 Å². The van der Waals surface area contributed by atoms with Crippen LogP contribution in [0.2, 0.25) is 0 Å². The Bertz CT molecular complexity index is 1500. The molecule has 1 saturated heterocycles. The van der Waals surface area contributed by atoms with Gasteiger partial charge in [0.1, 0.15) is 23.4 Å². The summed E-state index contributed by atoms with van der Waals surface area (Å²) < 4.78 is 38.5. The molecule has 1 aliphatic heterocycles. The number of hydrogen-bond acceptors (Lipinski definition) is 9. The van der Waals surface area contributed by atoms with Crippen LogP contribution in [0.5, 0.6) is 11.5 Å². The van der Waals surface area contributed by atoms with Crippen molar-refractivity contribution in [1.29, 1.82) is 0 Å². The summed E-state index contributed by atoms with van der Waals surface area (Å²) in [4.78, 5) is 50.3. The molecule has 1 aromatic heterocycles. The molecule has 13 nitrogen and oxygen atoms in total. The minimum atomic E-state index is -1.15. The third-order valence-corrected chi connectivity index (χ3v) is 5.96. The van der Waals surface area contributed by atoms with Crippen molar-refractivity contribution >= 4 is 29.8 Å². The van der Waals surface area contributed by atoms with Crippen LogP contribution in [0.25, 0.3) is 5.69 Å². The van der Waals surface area contributed by atoms with Gasteiger partial charge in [-0.1, -0.05) is 0 Å². The topological polar surface area (TPSA) is 163 Å².